The van der Waals surface area contributed by atoms with Gasteiger partial charge in [-0.05, 0) is 164 Å². The van der Waals surface area contributed by atoms with Crippen LogP contribution in [0.3, 0.4) is 0 Å². The summed E-state index contributed by atoms with van der Waals surface area (Å²) in [7, 11) is 0. The molecule has 12 heteroatoms. The molecule has 8 rings (SSSR count). The van der Waals surface area contributed by atoms with Gasteiger partial charge in [-0.2, -0.15) is 0 Å². The molecule has 0 saturated heterocycles. The molecular formula is C49H55ClN4O7. The number of halogens is 1. The number of fused-ring (bicyclic) bond motifs is 4. The van der Waals surface area contributed by atoms with Gasteiger partial charge in [0.25, 0.3) is 0 Å². The van der Waals surface area contributed by atoms with Crippen LogP contribution in [0.15, 0.2) is 85.2 Å². The average molecular weight is 847 g/mol. The van der Waals surface area contributed by atoms with Gasteiger partial charge in [-0.3, -0.25) is 9.78 Å². The van der Waals surface area contributed by atoms with Crippen LogP contribution < -0.4 is 20.1 Å². The molecule has 4 atom stereocenters. The van der Waals surface area contributed by atoms with Crippen LogP contribution in [0, 0.1) is 11.8 Å². The molecule has 0 bridgehead atoms. The summed E-state index contributed by atoms with van der Waals surface area (Å²) in [5.74, 6) is 0.206. The SMILES string of the molecule is C[C@@H](COc1ccnc2c1[C@H](C)CCC2)C[C@H]1Cc2ccc(OCCCC(=O)NC(C(=O)O)c3ccc4[nH]ccc4c3)cc2C12CCC(Nc1cccc(Cl)c1)(C(=O)O)CC2. The van der Waals surface area contributed by atoms with Crippen molar-refractivity contribution in [3.63, 3.8) is 0 Å². The smallest absolute Gasteiger partial charge is 0.330 e. The van der Waals surface area contributed by atoms with Gasteiger partial charge in [-0.1, -0.05) is 43.6 Å². The van der Waals surface area contributed by atoms with Crippen molar-refractivity contribution in [1.29, 1.82) is 0 Å². The van der Waals surface area contributed by atoms with Crippen LogP contribution in [-0.2, 0) is 32.6 Å². The van der Waals surface area contributed by atoms with E-state index in [4.69, 9.17) is 21.1 Å². The predicted octanol–water partition coefficient (Wildman–Crippen LogP) is 9.78. The van der Waals surface area contributed by atoms with Crippen molar-refractivity contribution in [2.75, 3.05) is 18.5 Å². The number of hydrogen-bond donors (Lipinski definition) is 5. The molecule has 5 N–H and O–H groups in total. The van der Waals surface area contributed by atoms with Crippen LogP contribution >= 0.6 is 11.6 Å². The fourth-order valence-corrected chi connectivity index (χ4v) is 10.6. The van der Waals surface area contributed by atoms with Gasteiger partial charge in [0.05, 0.1) is 13.2 Å². The fraction of sp³-hybridized carbons (Fsp3) is 0.429. The number of carboxylic acids is 2. The van der Waals surface area contributed by atoms with Gasteiger partial charge in [0.1, 0.15) is 17.0 Å². The lowest BCUT2D eigenvalue weighted by Gasteiger charge is -2.47. The monoisotopic (exact) mass is 846 g/mol. The lowest BCUT2D eigenvalue weighted by atomic mass is 9.59. The second kappa shape index (κ2) is 17.8. The number of carbonyl (C=O) groups is 3. The molecule has 3 aliphatic rings. The highest BCUT2D eigenvalue weighted by molar-refractivity contribution is 6.30. The molecule has 1 saturated carbocycles. The summed E-state index contributed by atoms with van der Waals surface area (Å²) in [5, 5.41) is 28.1. The van der Waals surface area contributed by atoms with Crippen LogP contribution in [0.2, 0.25) is 5.02 Å². The number of aryl methyl sites for hydroxylation is 1. The molecular weight excluding hydrogens is 792 g/mol. The topological polar surface area (TPSA) is 163 Å². The van der Waals surface area contributed by atoms with Crippen molar-refractivity contribution in [3.8, 4) is 11.5 Å². The average Bonchev–Trinajstić information content (AvgIpc) is 3.83. The van der Waals surface area contributed by atoms with E-state index >= 15 is 0 Å². The molecule has 1 amide bonds. The van der Waals surface area contributed by atoms with Crippen LogP contribution in [0.5, 0.6) is 11.5 Å². The van der Waals surface area contributed by atoms with Crippen molar-refractivity contribution in [2.24, 2.45) is 11.8 Å². The number of aliphatic carboxylic acids is 2. The Balaban J connectivity index is 0.957. The zero-order valence-corrected chi connectivity index (χ0v) is 35.6. The minimum Gasteiger partial charge on any atom is -0.494 e. The van der Waals surface area contributed by atoms with E-state index in [0.717, 1.165) is 54.5 Å². The molecule has 2 aromatic heterocycles. The molecule has 3 aliphatic carbocycles. The largest absolute Gasteiger partial charge is 0.494 e. The number of H-pyrrole nitrogens is 1. The highest BCUT2D eigenvalue weighted by atomic mass is 35.5. The van der Waals surface area contributed by atoms with Crippen LogP contribution in [0.1, 0.15) is 112 Å². The fourth-order valence-electron chi connectivity index (χ4n) is 10.4. The maximum absolute atomic E-state index is 13.1. The third-order valence-corrected chi connectivity index (χ3v) is 13.8. The molecule has 1 fully saturated rings. The number of anilines is 1. The summed E-state index contributed by atoms with van der Waals surface area (Å²) in [5.41, 5.74) is 5.54. The second-order valence-corrected chi connectivity index (χ2v) is 18.1. The lowest BCUT2D eigenvalue weighted by molar-refractivity contribution is -0.144. The minimum atomic E-state index is -1.16. The van der Waals surface area contributed by atoms with Gasteiger partial charge in [-0.15, -0.1) is 0 Å². The maximum Gasteiger partial charge on any atom is 0.330 e. The molecule has 11 nitrogen and oxygen atoms in total. The Morgan fingerprint density at radius 3 is 2.62 bits per heavy atom. The summed E-state index contributed by atoms with van der Waals surface area (Å²) in [4.78, 5) is 46.0. The number of nitrogens with zero attached hydrogens (tertiary/aromatic N) is 1. The van der Waals surface area contributed by atoms with Crippen LogP contribution in [0.4, 0.5) is 5.69 Å². The Bertz CT molecular complexity index is 2410. The van der Waals surface area contributed by atoms with Gasteiger partial charge < -0.3 is 35.3 Å². The number of amides is 1. The van der Waals surface area contributed by atoms with Crippen molar-refractivity contribution >= 4 is 46.0 Å². The Kier molecular flexibility index (Phi) is 12.3. The number of carboxylic acid groups (broad SMARTS) is 2. The lowest BCUT2D eigenvalue weighted by Crippen LogP contribution is -2.53. The van der Waals surface area contributed by atoms with Gasteiger partial charge in [-0.25, -0.2) is 9.59 Å². The van der Waals surface area contributed by atoms with Gasteiger partial charge >= 0.3 is 11.9 Å². The molecule has 1 spiro atoms. The quantitative estimate of drug-likeness (QED) is 0.0609. The highest BCUT2D eigenvalue weighted by Crippen LogP contribution is 2.57. The third kappa shape index (κ3) is 8.94. The first-order chi connectivity index (χ1) is 29.4. The van der Waals surface area contributed by atoms with Crippen molar-refractivity contribution in [2.45, 2.75) is 107 Å². The second-order valence-electron chi connectivity index (χ2n) is 17.6. The number of carbonyl (C=O) groups excluding carboxylic acids is 1. The van der Waals surface area contributed by atoms with Crippen molar-refractivity contribution < 1.29 is 34.1 Å². The number of pyridine rings is 1. The summed E-state index contributed by atoms with van der Waals surface area (Å²) in [6.07, 6.45) is 11.5. The first-order valence-corrected chi connectivity index (χ1v) is 22.0. The van der Waals surface area contributed by atoms with E-state index in [-0.39, 0.29) is 36.2 Å². The third-order valence-electron chi connectivity index (χ3n) is 13.5. The summed E-state index contributed by atoms with van der Waals surface area (Å²) in [6, 6.07) is 21.5. The maximum atomic E-state index is 13.1. The zero-order valence-electron chi connectivity index (χ0n) is 34.8. The van der Waals surface area contributed by atoms with Crippen molar-refractivity contribution in [3.05, 3.63) is 118 Å². The summed E-state index contributed by atoms with van der Waals surface area (Å²) >= 11 is 6.30. The number of aromatic nitrogens is 2. The van der Waals surface area contributed by atoms with Gasteiger partial charge in [0.15, 0.2) is 6.04 Å². The number of hydrogen-bond acceptors (Lipinski definition) is 7. The molecule has 61 heavy (non-hydrogen) atoms. The van der Waals surface area contributed by atoms with E-state index < -0.39 is 23.5 Å². The van der Waals surface area contributed by atoms with E-state index in [0.29, 0.717) is 66.7 Å². The Morgan fingerprint density at radius 2 is 1.84 bits per heavy atom. The van der Waals surface area contributed by atoms with Gasteiger partial charge in [0.2, 0.25) is 5.91 Å². The Labute approximate surface area is 361 Å². The Morgan fingerprint density at radius 1 is 1.00 bits per heavy atom. The number of nitrogens with one attached hydrogen (secondary N) is 3. The minimum absolute atomic E-state index is 0.102. The zero-order chi connectivity index (χ0) is 42.7. The highest BCUT2D eigenvalue weighted by Gasteiger charge is 2.54. The number of rotatable bonds is 16. The molecule has 3 aromatic carbocycles. The summed E-state index contributed by atoms with van der Waals surface area (Å²) in [6.45, 7) is 5.37. The van der Waals surface area contributed by atoms with E-state index in [9.17, 15) is 24.6 Å². The van der Waals surface area contributed by atoms with Gasteiger partial charge in [0, 0.05) is 46.3 Å². The summed E-state index contributed by atoms with van der Waals surface area (Å²) < 4.78 is 12.9. The van der Waals surface area contributed by atoms with E-state index in [2.05, 4.69) is 46.6 Å². The van der Waals surface area contributed by atoms with Crippen LogP contribution in [-0.4, -0.2) is 56.8 Å². The predicted molar refractivity (Wildman–Crippen MR) is 236 cm³/mol. The first-order valence-electron chi connectivity index (χ1n) is 21.7. The molecule has 0 radical (unpaired) electrons. The number of aromatic amines is 1. The standard InChI is InChI=1S/C49H55ClN4O7/c1-30(29-61-42-16-22-52-41-9-3-6-31(2)44(41)42)24-35-26-32-11-13-38(60-23-5-10-43(55)53-45(46(56)57)34-12-14-40-33(25-34)15-21-51-40)28-39(32)48(35)17-19-49(20-18-48,47(58)59)54-37-8-4-7-36(50)27-37/h4,7-8,11-16,21-22,25,27-28,30-31,35,45,51,54H,3,5-6,9-10,17-20,23-24,26,29H2,1-2H3,(H,53,55)(H,56,57)(H,58,59)/t30-,31-,35+,45?,48?,49?/m1/s1. The molecule has 0 aliphatic heterocycles. The van der Waals surface area contributed by atoms with E-state index in [1.54, 1.807) is 30.5 Å². The Hall–Kier alpha value is -5.55. The molecule has 5 aromatic rings. The number of benzene rings is 3. The molecule has 2 heterocycles. The molecule has 1 unspecified atom stereocenters. The van der Waals surface area contributed by atoms with E-state index in [1.165, 1.54) is 16.7 Å². The normalized spacial score (nSPS) is 22.8. The number of ether oxygens (including phenoxy) is 2. The van der Waals surface area contributed by atoms with E-state index in [1.807, 2.05) is 42.6 Å². The molecule has 320 valence electrons. The van der Waals surface area contributed by atoms with Crippen molar-refractivity contribution in [1.82, 2.24) is 15.3 Å². The first kappa shape index (κ1) is 42.2. The van der Waals surface area contributed by atoms with Crippen LogP contribution in [0.25, 0.3) is 10.9 Å².